The van der Waals surface area contributed by atoms with Gasteiger partial charge in [0.2, 0.25) is 5.91 Å². The molecule has 2 unspecified atom stereocenters. The number of amides is 1. The van der Waals surface area contributed by atoms with Crippen LogP contribution >= 0.6 is 24.8 Å². The lowest BCUT2D eigenvalue weighted by Crippen LogP contribution is -2.50. The number of aromatic nitrogens is 2. The van der Waals surface area contributed by atoms with Crippen LogP contribution in [-0.2, 0) is 9.53 Å². The van der Waals surface area contributed by atoms with Crippen LogP contribution in [0.15, 0.2) is 18.5 Å². The first kappa shape index (κ1) is 19.2. The fourth-order valence-corrected chi connectivity index (χ4v) is 2.35. The van der Waals surface area contributed by atoms with E-state index < -0.39 is 6.04 Å². The molecule has 1 aliphatic rings. The van der Waals surface area contributed by atoms with Crippen LogP contribution in [0.4, 0.5) is 0 Å². The summed E-state index contributed by atoms with van der Waals surface area (Å²) in [6, 6.07) is 1.59. The minimum absolute atomic E-state index is 0. The van der Waals surface area contributed by atoms with Crippen molar-refractivity contribution in [1.82, 2.24) is 14.7 Å². The molecule has 1 saturated heterocycles. The summed E-state index contributed by atoms with van der Waals surface area (Å²) in [5.74, 6) is -0.0336. The first-order valence-electron chi connectivity index (χ1n) is 6.25. The third-order valence-corrected chi connectivity index (χ3v) is 3.27. The summed E-state index contributed by atoms with van der Waals surface area (Å²) in [6.07, 6.45) is 5.73. The Kier molecular flexibility index (Phi) is 8.80. The lowest BCUT2D eigenvalue weighted by Gasteiger charge is -2.34. The highest BCUT2D eigenvalue weighted by Crippen LogP contribution is 2.20. The number of rotatable bonds is 4. The van der Waals surface area contributed by atoms with Gasteiger partial charge in [0.05, 0.1) is 12.6 Å². The van der Waals surface area contributed by atoms with Crippen molar-refractivity contribution < 1.29 is 9.53 Å². The van der Waals surface area contributed by atoms with Gasteiger partial charge in [-0.3, -0.25) is 9.48 Å². The molecule has 0 radical (unpaired) electrons. The van der Waals surface area contributed by atoms with E-state index in [9.17, 15) is 4.79 Å². The highest BCUT2D eigenvalue weighted by Gasteiger charge is 2.27. The van der Waals surface area contributed by atoms with Gasteiger partial charge in [-0.1, -0.05) is 0 Å². The molecule has 20 heavy (non-hydrogen) atoms. The van der Waals surface area contributed by atoms with Gasteiger partial charge >= 0.3 is 0 Å². The van der Waals surface area contributed by atoms with Crippen molar-refractivity contribution in [3.8, 4) is 0 Å². The van der Waals surface area contributed by atoms with Crippen molar-refractivity contribution in [2.45, 2.75) is 24.9 Å². The van der Waals surface area contributed by atoms with Crippen molar-refractivity contribution in [3.05, 3.63) is 18.5 Å². The number of carbonyl (C=O) groups is 1. The highest BCUT2D eigenvalue weighted by atomic mass is 35.5. The second-order valence-electron chi connectivity index (χ2n) is 4.63. The minimum atomic E-state index is -0.564. The zero-order chi connectivity index (χ0) is 13.0. The van der Waals surface area contributed by atoms with Gasteiger partial charge in [0.1, 0.15) is 6.04 Å². The number of nitrogens with zero attached hydrogens (tertiary/aromatic N) is 3. The number of hydrogen-bond acceptors (Lipinski definition) is 4. The lowest BCUT2D eigenvalue weighted by molar-refractivity contribution is -0.135. The van der Waals surface area contributed by atoms with Gasteiger partial charge in [-0.15, -0.1) is 24.8 Å². The van der Waals surface area contributed by atoms with E-state index in [0.717, 1.165) is 19.4 Å². The Hall–Kier alpha value is -0.820. The fourth-order valence-electron chi connectivity index (χ4n) is 2.35. The van der Waals surface area contributed by atoms with Gasteiger partial charge < -0.3 is 15.4 Å². The van der Waals surface area contributed by atoms with E-state index >= 15 is 0 Å². The normalized spacial score (nSPS) is 19.7. The van der Waals surface area contributed by atoms with E-state index in [0.29, 0.717) is 6.54 Å². The average molecular weight is 325 g/mol. The maximum atomic E-state index is 12.1. The van der Waals surface area contributed by atoms with Crippen molar-refractivity contribution in [1.29, 1.82) is 0 Å². The van der Waals surface area contributed by atoms with E-state index in [2.05, 4.69) is 5.10 Å². The van der Waals surface area contributed by atoms with Crippen molar-refractivity contribution in [3.63, 3.8) is 0 Å². The molecule has 0 aromatic carbocycles. The van der Waals surface area contributed by atoms with E-state index in [1.807, 2.05) is 21.8 Å². The van der Waals surface area contributed by atoms with Crippen LogP contribution in [0.25, 0.3) is 0 Å². The topological polar surface area (TPSA) is 73.4 Å². The van der Waals surface area contributed by atoms with Gasteiger partial charge in [-0.2, -0.15) is 5.10 Å². The Balaban J connectivity index is 0.00000180. The van der Waals surface area contributed by atoms with E-state index in [4.69, 9.17) is 10.5 Å². The predicted molar refractivity (Wildman–Crippen MR) is 81.4 cm³/mol. The number of nitrogens with two attached hydrogens (primary N) is 1. The molecule has 1 amide bonds. The maximum Gasteiger partial charge on any atom is 0.241 e. The largest absolute Gasteiger partial charge is 0.383 e. The first-order chi connectivity index (χ1) is 8.72. The summed E-state index contributed by atoms with van der Waals surface area (Å²) >= 11 is 0. The number of methoxy groups -OCH3 is 1. The first-order valence-corrected chi connectivity index (χ1v) is 6.25. The summed E-state index contributed by atoms with van der Waals surface area (Å²) in [4.78, 5) is 13.9. The molecule has 0 saturated carbocycles. The third-order valence-electron chi connectivity index (χ3n) is 3.27. The second kappa shape index (κ2) is 9.18. The van der Waals surface area contributed by atoms with Crippen LogP contribution in [0, 0.1) is 0 Å². The van der Waals surface area contributed by atoms with Crippen LogP contribution in [-0.4, -0.2) is 53.4 Å². The van der Waals surface area contributed by atoms with Crippen molar-refractivity contribution in [2.24, 2.45) is 5.73 Å². The lowest BCUT2D eigenvalue weighted by atomic mass is 10.1. The van der Waals surface area contributed by atoms with Crippen LogP contribution < -0.4 is 5.73 Å². The number of piperidine rings is 1. The minimum Gasteiger partial charge on any atom is -0.383 e. The Morgan fingerprint density at radius 3 is 2.90 bits per heavy atom. The molecular weight excluding hydrogens is 303 g/mol. The van der Waals surface area contributed by atoms with Gasteiger partial charge in [0, 0.05) is 32.6 Å². The van der Waals surface area contributed by atoms with Crippen molar-refractivity contribution >= 4 is 30.7 Å². The molecule has 8 heteroatoms. The molecule has 1 aromatic rings. The molecule has 0 bridgehead atoms. The molecule has 2 atom stereocenters. The molecular formula is C12H22Cl2N4O2. The third kappa shape index (κ3) is 4.63. The van der Waals surface area contributed by atoms with Crippen LogP contribution in [0.1, 0.15) is 18.9 Å². The molecule has 2 rings (SSSR count). The quantitative estimate of drug-likeness (QED) is 0.891. The molecule has 2 heterocycles. The Morgan fingerprint density at radius 2 is 2.30 bits per heavy atom. The molecule has 0 aliphatic carbocycles. The van der Waals surface area contributed by atoms with Gasteiger partial charge in [0.25, 0.3) is 0 Å². The summed E-state index contributed by atoms with van der Waals surface area (Å²) < 4.78 is 6.84. The molecule has 116 valence electrons. The molecule has 0 spiro atoms. The zero-order valence-corrected chi connectivity index (χ0v) is 13.1. The van der Waals surface area contributed by atoms with E-state index in [-0.39, 0.29) is 43.4 Å². The molecule has 1 fully saturated rings. The van der Waals surface area contributed by atoms with E-state index in [1.165, 1.54) is 0 Å². The average Bonchev–Trinajstić information content (AvgIpc) is 2.92. The van der Waals surface area contributed by atoms with Crippen molar-refractivity contribution in [2.75, 3.05) is 26.8 Å². The molecule has 2 N–H and O–H groups in total. The number of likely N-dealkylation sites (tertiary alicyclic amines) is 1. The van der Waals surface area contributed by atoms with Crippen LogP contribution in [0.3, 0.4) is 0 Å². The van der Waals surface area contributed by atoms with Gasteiger partial charge in [-0.05, 0) is 18.9 Å². The van der Waals surface area contributed by atoms with E-state index in [1.54, 1.807) is 13.3 Å². The number of halogens is 2. The maximum absolute atomic E-state index is 12.1. The molecule has 1 aliphatic heterocycles. The highest BCUT2D eigenvalue weighted by molar-refractivity contribution is 5.85. The Labute approximate surface area is 131 Å². The molecule has 6 nitrogen and oxygen atoms in total. The summed E-state index contributed by atoms with van der Waals surface area (Å²) in [5.41, 5.74) is 5.78. The predicted octanol–water partition coefficient (Wildman–Crippen LogP) is 0.864. The fraction of sp³-hybridized carbons (Fsp3) is 0.667. The van der Waals surface area contributed by atoms with Crippen LogP contribution in [0.2, 0.25) is 0 Å². The standard InChI is InChI=1S/C12H20N4O2.2ClH/c1-18-9-11(13)12(17)15-6-2-4-10(8-15)16-7-3-5-14-16;;/h3,5,7,10-11H,2,4,6,8-9,13H2,1H3;2*1H. The number of ether oxygens (including phenoxy) is 1. The number of carbonyl (C=O) groups excluding carboxylic acids is 1. The second-order valence-corrected chi connectivity index (χ2v) is 4.63. The smallest absolute Gasteiger partial charge is 0.241 e. The van der Waals surface area contributed by atoms with Crippen LogP contribution in [0.5, 0.6) is 0 Å². The Bertz CT molecular complexity index is 389. The zero-order valence-electron chi connectivity index (χ0n) is 11.5. The summed E-state index contributed by atoms with van der Waals surface area (Å²) in [6.45, 7) is 1.72. The SMILES string of the molecule is COCC(N)C(=O)N1CCCC(n2cccn2)C1.Cl.Cl. The summed E-state index contributed by atoms with van der Waals surface area (Å²) in [7, 11) is 1.55. The number of hydrogen-bond donors (Lipinski definition) is 1. The monoisotopic (exact) mass is 324 g/mol. The Morgan fingerprint density at radius 1 is 1.55 bits per heavy atom. The van der Waals surface area contributed by atoms with Gasteiger partial charge in [-0.25, -0.2) is 0 Å². The van der Waals surface area contributed by atoms with Gasteiger partial charge in [0.15, 0.2) is 0 Å². The summed E-state index contributed by atoms with van der Waals surface area (Å²) in [5, 5.41) is 4.24. The molecule has 1 aromatic heterocycles.